The van der Waals surface area contributed by atoms with Gasteiger partial charge >= 0.3 is 8.25 Å². The maximum Gasteiger partial charge on any atom is 0.316 e. The van der Waals surface area contributed by atoms with Crippen molar-refractivity contribution in [3.05, 3.63) is 58.7 Å². The van der Waals surface area contributed by atoms with Crippen LogP contribution in [0.15, 0.2) is 36.4 Å². The highest BCUT2D eigenvalue weighted by atomic mass is 31.1. The zero-order chi connectivity index (χ0) is 23.5. The minimum Gasteiger partial charge on any atom is -0.486 e. The van der Waals surface area contributed by atoms with Crippen LogP contribution in [0, 0.1) is 0 Å². The smallest absolute Gasteiger partial charge is 0.316 e. The van der Waals surface area contributed by atoms with Crippen LogP contribution >= 0.6 is 8.25 Å². The molecule has 33 heavy (non-hydrogen) atoms. The van der Waals surface area contributed by atoms with Gasteiger partial charge in [0.05, 0.1) is 6.61 Å². The van der Waals surface area contributed by atoms with Crippen molar-refractivity contribution in [3.63, 3.8) is 0 Å². The molecule has 0 spiro atoms. The summed E-state index contributed by atoms with van der Waals surface area (Å²) in [6.07, 6.45) is -4.92. The Balaban J connectivity index is 1.59. The third-order valence-corrected chi connectivity index (χ3v) is 6.44. The summed E-state index contributed by atoms with van der Waals surface area (Å²) < 4.78 is 32.7. The molecular weight excluding hydrogens is 451 g/mol. The number of aliphatic hydroxyl groups excluding tert-OH is 3. The molecule has 1 fully saturated rings. The van der Waals surface area contributed by atoms with E-state index >= 15 is 0 Å². The maximum atomic E-state index is 10.9. The van der Waals surface area contributed by atoms with E-state index < -0.39 is 38.8 Å². The Labute approximate surface area is 192 Å². The Morgan fingerprint density at radius 2 is 1.73 bits per heavy atom. The fourth-order valence-corrected chi connectivity index (χ4v) is 4.57. The number of hydrogen-bond acceptors (Lipinski definition) is 8. The maximum absolute atomic E-state index is 10.9. The molecule has 0 aromatic heterocycles. The second-order valence-corrected chi connectivity index (χ2v) is 9.00. The normalized spacial score (nSPS) is 27.8. The van der Waals surface area contributed by atoms with Gasteiger partial charge in [-0.1, -0.05) is 31.2 Å². The van der Waals surface area contributed by atoms with Gasteiger partial charge in [0.25, 0.3) is 0 Å². The highest BCUT2D eigenvalue weighted by Gasteiger charge is 2.44. The van der Waals surface area contributed by atoms with Gasteiger partial charge in [-0.25, -0.2) is 0 Å². The van der Waals surface area contributed by atoms with Gasteiger partial charge in [0.15, 0.2) is 11.5 Å². The van der Waals surface area contributed by atoms with Gasteiger partial charge < -0.3 is 38.9 Å². The summed E-state index contributed by atoms with van der Waals surface area (Å²) in [6, 6.07) is 11.5. The van der Waals surface area contributed by atoms with Crippen LogP contribution in [0.25, 0.3) is 0 Å². The lowest BCUT2D eigenvalue weighted by Gasteiger charge is -2.40. The number of aryl methyl sites for hydroxylation is 1. The third-order valence-electron chi connectivity index (χ3n) is 6.02. The molecule has 4 rings (SSSR count). The monoisotopic (exact) mass is 480 g/mol. The average molecular weight is 480 g/mol. The second-order valence-electron chi connectivity index (χ2n) is 8.18. The van der Waals surface area contributed by atoms with Crippen molar-refractivity contribution in [1.82, 2.24) is 0 Å². The molecule has 2 aromatic rings. The largest absolute Gasteiger partial charge is 0.486 e. The molecule has 10 heteroatoms. The Morgan fingerprint density at radius 1 is 0.970 bits per heavy atom. The van der Waals surface area contributed by atoms with Crippen molar-refractivity contribution in [1.29, 1.82) is 0 Å². The molecule has 0 saturated carbocycles. The van der Waals surface area contributed by atoms with Gasteiger partial charge in [-0.3, -0.25) is 4.57 Å². The van der Waals surface area contributed by atoms with Gasteiger partial charge in [0.2, 0.25) is 0 Å². The summed E-state index contributed by atoms with van der Waals surface area (Å²) in [6.45, 7) is 2.71. The molecule has 1 saturated heterocycles. The first kappa shape index (κ1) is 24.2. The standard InChI is InChI=1S/C23H29O9P/c1-2-14-4-5-15(23-22(26)21(25)20(24)19(32-23)12-31-33(27)28)11-16(14)9-13-3-6-17-18(10-13)30-8-7-29-17/h3-6,10-11,19-26,33H,2,7-9,12H2,1H3,(H,27,28)/t19-,20-,21+,22-,23+/m1/s1. The number of hydrogen-bond donors (Lipinski definition) is 4. The summed E-state index contributed by atoms with van der Waals surface area (Å²) in [4.78, 5) is 8.94. The van der Waals surface area contributed by atoms with E-state index in [1.165, 1.54) is 0 Å². The lowest BCUT2D eigenvalue weighted by molar-refractivity contribution is -0.230. The number of ether oxygens (including phenoxy) is 3. The Kier molecular flexibility index (Phi) is 7.71. The molecular formula is C23H29O9P. The first-order valence-electron chi connectivity index (χ1n) is 10.9. The van der Waals surface area contributed by atoms with E-state index in [2.05, 4.69) is 6.92 Å². The van der Waals surface area contributed by atoms with Crippen LogP contribution in [0.1, 0.15) is 35.3 Å². The SMILES string of the molecule is CCc1ccc([C@@H]2O[C@H](CO[PH](=O)O)[C@@H](O)[C@H](O)[C@H]2O)cc1Cc1ccc2c(c1)OCCO2. The van der Waals surface area contributed by atoms with Crippen molar-refractivity contribution in [2.24, 2.45) is 0 Å². The Morgan fingerprint density at radius 3 is 2.45 bits per heavy atom. The second kappa shape index (κ2) is 10.5. The lowest BCUT2D eigenvalue weighted by atomic mass is 9.88. The third kappa shape index (κ3) is 5.41. The van der Waals surface area contributed by atoms with E-state index in [4.69, 9.17) is 23.6 Å². The lowest BCUT2D eigenvalue weighted by Crippen LogP contribution is -2.55. The number of fused-ring (bicyclic) bond motifs is 1. The van der Waals surface area contributed by atoms with E-state index in [-0.39, 0.29) is 6.61 Å². The predicted molar refractivity (Wildman–Crippen MR) is 119 cm³/mol. The summed E-state index contributed by atoms with van der Waals surface area (Å²) in [7, 11) is -3.23. The molecule has 0 amide bonds. The molecule has 180 valence electrons. The van der Waals surface area contributed by atoms with Gasteiger partial charge in [0.1, 0.15) is 43.7 Å². The molecule has 2 heterocycles. The molecule has 1 unspecified atom stereocenters. The zero-order valence-electron chi connectivity index (χ0n) is 18.2. The van der Waals surface area contributed by atoms with Crippen LogP contribution < -0.4 is 9.47 Å². The topological polar surface area (TPSA) is 135 Å². The molecule has 2 aromatic carbocycles. The average Bonchev–Trinajstić information content (AvgIpc) is 2.82. The zero-order valence-corrected chi connectivity index (χ0v) is 19.2. The minimum atomic E-state index is -3.23. The molecule has 9 nitrogen and oxygen atoms in total. The van der Waals surface area contributed by atoms with Crippen molar-refractivity contribution in [3.8, 4) is 11.5 Å². The summed E-state index contributed by atoms with van der Waals surface area (Å²) in [5.74, 6) is 1.43. The number of benzene rings is 2. The van der Waals surface area contributed by atoms with E-state index in [0.29, 0.717) is 30.9 Å². The molecule has 4 N–H and O–H groups in total. The molecule has 0 bridgehead atoms. The van der Waals surface area contributed by atoms with Crippen LogP contribution in [0.4, 0.5) is 0 Å². The van der Waals surface area contributed by atoms with Crippen LogP contribution in [-0.4, -0.2) is 64.4 Å². The molecule has 0 aliphatic carbocycles. The van der Waals surface area contributed by atoms with E-state index in [0.717, 1.165) is 28.9 Å². The van der Waals surface area contributed by atoms with Gasteiger partial charge in [0, 0.05) is 0 Å². The van der Waals surface area contributed by atoms with E-state index in [1.807, 2.05) is 36.4 Å². The van der Waals surface area contributed by atoms with Crippen LogP contribution in [0.3, 0.4) is 0 Å². The summed E-state index contributed by atoms with van der Waals surface area (Å²) in [5, 5.41) is 31.1. The van der Waals surface area contributed by atoms with Crippen LogP contribution in [-0.2, 0) is 26.7 Å². The molecule has 2 aliphatic heterocycles. The first-order chi connectivity index (χ1) is 15.9. The minimum absolute atomic E-state index is 0.382. The molecule has 6 atom stereocenters. The van der Waals surface area contributed by atoms with Crippen LogP contribution in [0.2, 0.25) is 0 Å². The van der Waals surface area contributed by atoms with Gasteiger partial charge in [-0.2, -0.15) is 0 Å². The van der Waals surface area contributed by atoms with E-state index in [9.17, 15) is 19.9 Å². The van der Waals surface area contributed by atoms with Crippen molar-refractivity contribution in [2.45, 2.75) is 50.3 Å². The first-order valence-corrected chi connectivity index (χ1v) is 12.2. The van der Waals surface area contributed by atoms with Crippen LogP contribution in [0.5, 0.6) is 11.5 Å². The number of rotatable bonds is 7. The van der Waals surface area contributed by atoms with Crippen molar-refractivity contribution < 1.29 is 43.5 Å². The fraction of sp³-hybridized carbons (Fsp3) is 0.478. The van der Waals surface area contributed by atoms with E-state index in [1.54, 1.807) is 0 Å². The quantitative estimate of drug-likeness (QED) is 0.435. The number of aliphatic hydroxyl groups is 3. The molecule has 2 aliphatic rings. The highest BCUT2D eigenvalue weighted by molar-refractivity contribution is 7.32. The van der Waals surface area contributed by atoms with Gasteiger partial charge in [-0.15, -0.1) is 0 Å². The van der Waals surface area contributed by atoms with Crippen molar-refractivity contribution >= 4 is 8.25 Å². The highest BCUT2D eigenvalue weighted by Crippen LogP contribution is 2.36. The summed E-state index contributed by atoms with van der Waals surface area (Å²) in [5.41, 5.74) is 3.81. The molecule has 0 radical (unpaired) electrons. The van der Waals surface area contributed by atoms with Crippen molar-refractivity contribution in [2.75, 3.05) is 19.8 Å². The predicted octanol–water partition coefficient (Wildman–Crippen LogP) is 1.53. The summed E-state index contributed by atoms with van der Waals surface area (Å²) >= 11 is 0. The fourth-order valence-electron chi connectivity index (χ4n) is 4.27. The van der Waals surface area contributed by atoms with Gasteiger partial charge in [-0.05, 0) is 47.2 Å². The Bertz CT molecular complexity index is 998. The Hall–Kier alpha value is -1.97.